The van der Waals surface area contributed by atoms with Crippen molar-refractivity contribution in [1.82, 2.24) is 19.6 Å². The Morgan fingerprint density at radius 2 is 0.838 bits per heavy atom. The van der Waals surface area contributed by atoms with Crippen LogP contribution in [0, 0.1) is 0 Å². The molecule has 4 rings (SSSR count). The van der Waals surface area contributed by atoms with Crippen molar-refractivity contribution in [3.63, 3.8) is 0 Å². The summed E-state index contributed by atoms with van der Waals surface area (Å²) in [5.74, 6) is 0.613. The zero-order valence-corrected chi connectivity index (χ0v) is 22.4. The molecule has 2 aliphatic heterocycles. The van der Waals surface area contributed by atoms with Crippen molar-refractivity contribution >= 4 is 11.8 Å². The number of hydrogen-bond donors (Lipinski definition) is 0. The summed E-state index contributed by atoms with van der Waals surface area (Å²) in [6, 6.07) is 21.1. The molecule has 0 aliphatic carbocycles. The maximum absolute atomic E-state index is 12.6. The summed E-state index contributed by atoms with van der Waals surface area (Å²) in [4.78, 5) is 34.1. The number of hydrogen-bond acceptors (Lipinski definition) is 4. The monoisotopic (exact) mass is 504 g/mol. The summed E-state index contributed by atoms with van der Waals surface area (Å²) < 4.78 is 0. The van der Waals surface area contributed by atoms with E-state index < -0.39 is 0 Å². The van der Waals surface area contributed by atoms with E-state index in [0.717, 1.165) is 97.6 Å². The molecule has 6 nitrogen and oxygen atoms in total. The fourth-order valence-electron chi connectivity index (χ4n) is 5.39. The van der Waals surface area contributed by atoms with Gasteiger partial charge in [0.05, 0.1) is 0 Å². The summed E-state index contributed by atoms with van der Waals surface area (Å²) in [6.07, 6.45) is 6.49. The predicted octanol–water partition coefficient (Wildman–Crippen LogP) is 4.41. The number of carbonyl (C=O) groups excluding carboxylic acids is 2. The fraction of sp³-hybridized carbons (Fsp3) is 0.548. The zero-order valence-electron chi connectivity index (χ0n) is 22.4. The molecule has 0 radical (unpaired) electrons. The molecule has 0 atom stereocenters. The Bertz CT molecular complexity index is 859. The van der Waals surface area contributed by atoms with Gasteiger partial charge in [-0.05, 0) is 24.0 Å². The summed E-state index contributed by atoms with van der Waals surface area (Å²) in [6.45, 7) is 9.12. The number of benzene rings is 2. The topological polar surface area (TPSA) is 47.1 Å². The van der Waals surface area contributed by atoms with E-state index in [4.69, 9.17) is 0 Å². The third-order valence-corrected chi connectivity index (χ3v) is 7.73. The molecule has 2 amide bonds. The molecule has 2 saturated heterocycles. The number of carbonyl (C=O) groups is 2. The molecule has 6 heteroatoms. The maximum Gasteiger partial charge on any atom is 0.222 e. The van der Waals surface area contributed by atoms with Gasteiger partial charge in [-0.25, -0.2) is 0 Å². The summed E-state index contributed by atoms with van der Waals surface area (Å²) >= 11 is 0. The highest BCUT2D eigenvalue weighted by Gasteiger charge is 2.22. The van der Waals surface area contributed by atoms with Crippen molar-refractivity contribution < 1.29 is 9.59 Å². The quantitative estimate of drug-likeness (QED) is 0.402. The first-order chi connectivity index (χ1) is 18.2. The Hall–Kier alpha value is -2.70. The van der Waals surface area contributed by atoms with Gasteiger partial charge in [-0.2, -0.15) is 0 Å². The molecule has 2 aliphatic rings. The Morgan fingerprint density at radius 3 is 1.22 bits per heavy atom. The normalized spacial score (nSPS) is 17.2. The van der Waals surface area contributed by atoms with Gasteiger partial charge in [0.1, 0.15) is 0 Å². The number of nitrogens with zero attached hydrogens (tertiary/aromatic N) is 4. The number of rotatable bonds is 12. The first kappa shape index (κ1) is 27.3. The molecule has 2 fully saturated rings. The lowest BCUT2D eigenvalue weighted by molar-refractivity contribution is -0.133. The van der Waals surface area contributed by atoms with Crippen LogP contribution in [0.3, 0.4) is 0 Å². The Morgan fingerprint density at radius 1 is 0.486 bits per heavy atom. The fourth-order valence-corrected chi connectivity index (χ4v) is 5.39. The summed E-state index contributed by atoms with van der Waals surface area (Å²) in [5, 5.41) is 0. The maximum atomic E-state index is 12.6. The SMILES string of the molecule is O=C(CCCCCCCC(=O)N1CCN(Cc2ccccc2)CC1)N1CCN(Cc2ccccc2)CC1. The van der Waals surface area contributed by atoms with Crippen LogP contribution in [0.1, 0.15) is 56.1 Å². The molecule has 0 saturated carbocycles. The van der Waals surface area contributed by atoms with E-state index in [9.17, 15) is 9.59 Å². The van der Waals surface area contributed by atoms with Crippen LogP contribution in [0.2, 0.25) is 0 Å². The molecule has 0 bridgehead atoms. The van der Waals surface area contributed by atoms with Gasteiger partial charge in [0.15, 0.2) is 0 Å². The van der Waals surface area contributed by atoms with Crippen LogP contribution in [-0.4, -0.2) is 83.8 Å². The van der Waals surface area contributed by atoms with Crippen LogP contribution in [0.15, 0.2) is 60.7 Å². The van der Waals surface area contributed by atoms with Gasteiger partial charge in [0, 0.05) is 78.3 Å². The van der Waals surface area contributed by atoms with Gasteiger partial charge in [0.2, 0.25) is 11.8 Å². The average molecular weight is 505 g/mol. The second-order valence-corrected chi connectivity index (χ2v) is 10.6. The van der Waals surface area contributed by atoms with Crippen LogP contribution in [0.5, 0.6) is 0 Å². The van der Waals surface area contributed by atoms with E-state index >= 15 is 0 Å². The van der Waals surface area contributed by atoms with Crippen molar-refractivity contribution in [2.45, 2.75) is 58.0 Å². The van der Waals surface area contributed by atoms with Crippen LogP contribution in [0.25, 0.3) is 0 Å². The van der Waals surface area contributed by atoms with Crippen LogP contribution >= 0.6 is 0 Å². The third-order valence-electron chi connectivity index (χ3n) is 7.73. The largest absolute Gasteiger partial charge is 0.340 e. The van der Waals surface area contributed by atoms with Crippen LogP contribution in [-0.2, 0) is 22.7 Å². The minimum atomic E-state index is 0.306. The molecular weight excluding hydrogens is 460 g/mol. The average Bonchev–Trinajstić information content (AvgIpc) is 2.94. The Labute approximate surface area is 223 Å². The molecule has 0 aromatic heterocycles. The van der Waals surface area contributed by atoms with E-state index in [1.807, 2.05) is 9.80 Å². The van der Waals surface area contributed by atoms with Gasteiger partial charge in [-0.3, -0.25) is 19.4 Å². The smallest absolute Gasteiger partial charge is 0.222 e. The number of piperazine rings is 2. The first-order valence-corrected chi connectivity index (χ1v) is 14.3. The summed E-state index contributed by atoms with van der Waals surface area (Å²) in [5.41, 5.74) is 2.68. The molecule has 2 aromatic rings. The minimum Gasteiger partial charge on any atom is -0.340 e. The minimum absolute atomic E-state index is 0.306. The van der Waals surface area contributed by atoms with Crippen molar-refractivity contribution in [2.75, 3.05) is 52.4 Å². The molecule has 37 heavy (non-hydrogen) atoms. The van der Waals surface area contributed by atoms with Crippen molar-refractivity contribution in [3.8, 4) is 0 Å². The highest BCUT2D eigenvalue weighted by atomic mass is 16.2. The van der Waals surface area contributed by atoms with Gasteiger partial charge in [-0.15, -0.1) is 0 Å². The van der Waals surface area contributed by atoms with E-state index in [-0.39, 0.29) is 0 Å². The van der Waals surface area contributed by atoms with Crippen molar-refractivity contribution in [2.24, 2.45) is 0 Å². The van der Waals surface area contributed by atoms with Gasteiger partial charge < -0.3 is 9.80 Å². The van der Waals surface area contributed by atoms with Crippen LogP contribution < -0.4 is 0 Å². The Balaban J connectivity index is 0.991. The lowest BCUT2D eigenvalue weighted by Gasteiger charge is -2.35. The number of unbranched alkanes of at least 4 members (excludes halogenated alkanes) is 4. The third kappa shape index (κ3) is 9.28. The molecule has 0 spiro atoms. The highest BCUT2D eigenvalue weighted by molar-refractivity contribution is 5.76. The Kier molecular flexibility index (Phi) is 11.0. The molecule has 2 aromatic carbocycles. The van der Waals surface area contributed by atoms with Gasteiger partial charge in [0.25, 0.3) is 0 Å². The molecular formula is C31H44N4O2. The number of amides is 2. The molecule has 2 heterocycles. The van der Waals surface area contributed by atoms with Crippen molar-refractivity contribution in [1.29, 1.82) is 0 Å². The zero-order chi connectivity index (χ0) is 25.7. The van der Waals surface area contributed by atoms with E-state index in [1.165, 1.54) is 11.1 Å². The van der Waals surface area contributed by atoms with Gasteiger partial charge >= 0.3 is 0 Å². The second-order valence-electron chi connectivity index (χ2n) is 10.6. The van der Waals surface area contributed by atoms with E-state index in [1.54, 1.807) is 0 Å². The molecule has 0 N–H and O–H groups in total. The lowest BCUT2D eigenvalue weighted by atomic mass is 10.1. The lowest BCUT2D eigenvalue weighted by Crippen LogP contribution is -2.48. The van der Waals surface area contributed by atoms with E-state index in [2.05, 4.69) is 70.5 Å². The second kappa shape index (κ2) is 14.9. The van der Waals surface area contributed by atoms with E-state index in [0.29, 0.717) is 24.7 Å². The predicted molar refractivity (Wildman–Crippen MR) is 149 cm³/mol. The molecule has 0 unspecified atom stereocenters. The first-order valence-electron chi connectivity index (χ1n) is 14.3. The highest BCUT2D eigenvalue weighted by Crippen LogP contribution is 2.14. The van der Waals surface area contributed by atoms with Crippen LogP contribution in [0.4, 0.5) is 0 Å². The van der Waals surface area contributed by atoms with Gasteiger partial charge in [-0.1, -0.05) is 79.9 Å². The molecule has 200 valence electrons. The standard InChI is InChI=1S/C31H44N4O2/c36-30(34-22-18-32(19-23-34)26-28-12-6-4-7-13-28)16-10-2-1-3-11-17-31(37)35-24-20-33(21-25-35)27-29-14-8-5-9-15-29/h4-9,12-15H,1-3,10-11,16-27H2. The van der Waals surface area contributed by atoms with Crippen molar-refractivity contribution in [3.05, 3.63) is 71.8 Å². The summed E-state index contributed by atoms with van der Waals surface area (Å²) in [7, 11) is 0.